The molecule has 2 aliphatic heterocycles. The Morgan fingerprint density at radius 3 is 2.31 bits per heavy atom. The second-order valence-corrected chi connectivity index (χ2v) is 6.58. The maximum atomic E-state index is 5.97. The van der Waals surface area contributed by atoms with Crippen molar-refractivity contribution in [1.29, 1.82) is 0 Å². The molecule has 1 saturated heterocycles. The van der Waals surface area contributed by atoms with Crippen LogP contribution in [0, 0.1) is 0 Å². The van der Waals surface area contributed by atoms with Crippen LogP contribution in [0.5, 0.6) is 0 Å². The van der Waals surface area contributed by atoms with Crippen LogP contribution in [0.3, 0.4) is 0 Å². The lowest BCUT2D eigenvalue weighted by atomic mass is 9.90. The van der Waals surface area contributed by atoms with Crippen molar-refractivity contribution >= 4 is 29.8 Å². The predicted molar refractivity (Wildman–Crippen MR) is 74.0 cm³/mol. The van der Waals surface area contributed by atoms with Crippen molar-refractivity contribution < 1.29 is 9.31 Å². The molecule has 2 rings (SSSR count). The second-order valence-electron chi connectivity index (χ2n) is 5.19. The molecule has 0 aromatic heterocycles. The van der Waals surface area contributed by atoms with Crippen LogP contribution < -0.4 is 0 Å². The van der Waals surface area contributed by atoms with Crippen LogP contribution in [0.1, 0.15) is 27.7 Å². The van der Waals surface area contributed by atoms with Crippen molar-refractivity contribution in [2.24, 2.45) is 0 Å². The SMILES string of the molecule is CC1(C)OB(N2C=CC=C(I)C2)OC1(C)C. The van der Waals surface area contributed by atoms with E-state index in [4.69, 9.17) is 9.31 Å². The quantitative estimate of drug-likeness (QED) is 0.544. The number of allylic oxidation sites excluding steroid dienone is 2. The summed E-state index contributed by atoms with van der Waals surface area (Å²) in [5.74, 6) is 0. The van der Waals surface area contributed by atoms with Gasteiger partial charge in [-0.1, -0.05) is 0 Å². The molecule has 0 aromatic carbocycles. The minimum absolute atomic E-state index is 0.266. The van der Waals surface area contributed by atoms with E-state index in [2.05, 4.69) is 61.2 Å². The Balaban J connectivity index is 2.10. The van der Waals surface area contributed by atoms with Crippen molar-refractivity contribution in [3.63, 3.8) is 0 Å². The van der Waals surface area contributed by atoms with E-state index in [0.717, 1.165) is 6.54 Å². The summed E-state index contributed by atoms with van der Waals surface area (Å²) >= 11 is 2.33. The molecule has 1 fully saturated rings. The molecule has 0 bridgehead atoms. The average Bonchev–Trinajstić information content (AvgIpc) is 2.36. The molecule has 0 atom stereocenters. The molecule has 0 N–H and O–H groups in total. The fourth-order valence-corrected chi connectivity index (χ4v) is 2.23. The molecule has 0 amide bonds. The van der Waals surface area contributed by atoms with Gasteiger partial charge in [0.15, 0.2) is 0 Å². The fraction of sp³-hybridized carbons (Fsp3) is 0.636. The van der Waals surface area contributed by atoms with Gasteiger partial charge in [-0.25, -0.2) is 0 Å². The zero-order valence-electron chi connectivity index (χ0n) is 10.2. The van der Waals surface area contributed by atoms with Crippen LogP contribution in [0.4, 0.5) is 0 Å². The third kappa shape index (κ3) is 2.17. The first-order valence-electron chi connectivity index (χ1n) is 5.46. The van der Waals surface area contributed by atoms with E-state index in [1.807, 2.05) is 12.3 Å². The molecule has 88 valence electrons. The number of hydrogen-bond acceptors (Lipinski definition) is 3. The summed E-state index contributed by atoms with van der Waals surface area (Å²) in [5.41, 5.74) is -0.532. The van der Waals surface area contributed by atoms with Crippen molar-refractivity contribution in [3.8, 4) is 0 Å². The first-order chi connectivity index (χ1) is 7.32. The molecule has 0 unspecified atom stereocenters. The molecular weight excluding hydrogens is 316 g/mol. The summed E-state index contributed by atoms with van der Waals surface area (Å²) in [5, 5.41) is 0. The van der Waals surface area contributed by atoms with Gasteiger partial charge in [0.25, 0.3) is 0 Å². The lowest BCUT2D eigenvalue weighted by Crippen LogP contribution is -2.41. The molecule has 16 heavy (non-hydrogen) atoms. The monoisotopic (exact) mass is 333 g/mol. The predicted octanol–water partition coefficient (Wildman–Crippen LogP) is 2.72. The maximum absolute atomic E-state index is 5.97. The van der Waals surface area contributed by atoms with Gasteiger partial charge in [-0.3, -0.25) is 0 Å². The van der Waals surface area contributed by atoms with Gasteiger partial charge in [0, 0.05) is 10.1 Å². The maximum Gasteiger partial charge on any atom is 0.594 e. The van der Waals surface area contributed by atoms with Gasteiger partial charge in [0.2, 0.25) is 0 Å². The summed E-state index contributed by atoms with van der Waals surface area (Å²) in [6.07, 6.45) is 6.14. The van der Waals surface area contributed by atoms with Crippen LogP contribution in [0.2, 0.25) is 0 Å². The van der Waals surface area contributed by atoms with E-state index in [1.54, 1.807) is 0 Å². The molecule has 0 aromatic rings. The summed E-state index contributed by atoms with van der Waals surface area (Å²) < 4.78 is 13.2. The van der Waals surface area contributed by atoms with Crippen LogP contribution in [-0.4, -0.2) is 29.8 Å². The first kappa shape index (κ1) is 12.5. The molecular formula is C11H17BINO2. The van der Waals surface area contributed by atoms with Crippen molar-refractivity contribution in [2.45, 2.75) is 38.9 Å². The zero-order valence-corrected chi connectivity index (χ0v) is 12.3. The molecule has 0 saturated carbocycles. The molecule has 2 heterocycles. The molecule has 5 heteroatoms. The summed E-state index contributed by atoms with van der Waals surface area (Å²) in [4.78, 5) is 2.08. The van der Waals surface area contributed by atoms with Crippen LogP contribution >= 0.6 is 22.6 Å². The van der Waals surface area contributed by atoms with Gasteiger partial charge in [-0.15, -0.1) is 0 Å². The Hall–Kier alpha value is -0.00506. The Bertz CT molecular complexity index is 336. The van der Waals surface area contributed by atoms with Gasteiger partial charge in [0.1, 0.15) is 0 Å². The zero-order chi connectivity index (χ0) is 12.0. The Kier molecular flexibility index (Phi) is 3.14. The largest absolute Gasteiger partial charge is 0.594 e. The second kappa shape index (κ2) is 4.03. The van der Waals surface area contributed by atoms with Crippen LogP contribution in [0.15, 0.2) is 21.9 Å². The number of rotatable bonds is 1. The van der Waals surface area contributed by atoms with E-state index < -0.39 is 0 Å². The third-order valence-electron chi connectivity index (χ3n) is 3.40. The van der Waals surface area contributed by atoms with Gasteiger partial charge < -0.3 is 14.1 Å². The Labute approximate surface area is 111 Å². The molecule has 0 radical (unpaired) electrons. The van der Waals surface area contributed by atoms with Crippen molar-refractivity contribution in [3.05, 3.63) is 21.9 Å². The van der Waals surface area contributed by atoms with E-state index >= 15 is 0 Å². The Morgan fingerprint density at radius 2 is 1.81 bits per heavy atom. The highest BCUT2D eigenvalue weighted by molar-refractivity contribution is 14.1. The van der Waals surface area contributed by atoms with Gasteiger partial charge >= 0.3 is 7.25 Å². The van der Waals surface area contributed by atoms with Crippen LogP contribution in [-0.2, 0) is 9.31 Å². The van der Waals surface area contributed by atoms with E-state index in [9.17, 15) is 0 Å². The smallest absolute Gasteiger partial charge is 0.384 e. The average molecular weight is 333 g/mol. The number of hydrogen-bond donors (Lipinski definition) is 0. The topological polar surface area (TPSA) is 21.7 Å². The number of nitrogens with zero attached hydrogens (tertiary/aromatic N) is 1. The van der Waals surface area contributed by atoms with Crippen molar-refractivity contribution in [1.82, 2.24) is 4.81 Å². The third-order valence-corrected chi connectivity index (χ3v) is 4.10. The number of halogens is 1. The van der Waals surface area contributed by atoms with E-state index in [-0.39, 0.29) is 18.5 Å². The van der Waals surface area contributed by atoms with E-state index in [1.165, 1.54) is 3.58 Å². The highest BCUT2D eigenvalue weighted by Gasteiger charge is 2.53. The highest BCUT2D eigenvalue weighted by Crippen LogP contribution is 2.38. The van der Waals surface area contributed by atoms with E-state index in [0.29, 0.717) is 0 Å². The fourth-order valence-electron chi connectivity index (χ4n) is 1.63. The lowest BCUT2D eigenvalue weighted by Gasteiger charge is -2.32. The summed E-state index contributed by atoms with van der Waals surface area (Å²) in [6.45, 7) is 9.14. The van der Waals surface area contributed by atoms with Gasteiger partial charge in [0.05, 0.1) is 11.2 Å². The normalized spacial score (nSPS) is 27.2. The molecule has 0 aliphatic carbocycles. The minimum Gasteiger partial charge on any atom is -0.384 e. The first-order valence-corrected chi connectivity index (χ1v) is 6.54. The van der Waals surface area contributed by atoms with Gasteiger partial charge in [-0.2, -0.15) is 0 Å². The lowest BCUT2D eigenvalue weighted by molar-refractivity contribution is 0.00578. The molecule has 2 aliphatic rings. The van der Waals surface area contributed by atoms with Gasteiger partial charge in [-0.05, 0) is 68.6 Å². The summed E-state index contributed by atoms with van der Waals surface area (Å²) in [7, 11) is -0.278. The Morgan fingerprint density at radius 1 is 1.25 bits per heavy atom. The minimum atomic E-state index is -0.278. The highest BCUT2D eigenvalue weighted by atomic mass is 127. The summed E-state index contributed by atoms with van der Waals surface area (Å²) in [6, 6.07) is 0. The van der Waals surface area contributed by atoms with Crippen LogP contribution in [0.25, 0.3) is 0 Å². The molecule has 3 nitrogen and oxygen atoms in total. The standard InChI is InChI=1S/C11H17BINO2/c1-10(2)11(3,4)16-12(15-10)14-7-5-6-9(13)8-14/h5-7H,8H2,1-4H3. The van der Waals surface area contributed by atoms with Crippen molar-refractivity contribution in [2.75, 3.05) is 6.54 Å². The molecule has 0 spiro atoms.